The van der Waals surface area contributed by atoms with E-state index in [0.29, 0.717) is 12.2 Å². The number of benzene rings is 2. The third-order valence-electron chi connectivity index (χ3n) is 5.17. The molecule has 0 aromatic heterocycles. The molecule has 0 saturated carbocycles. The van der Waals surface area contributed by atoms with Crippen molar-refractivity contribution >= 4 is 27.5 Å². The van der Waals surface area contributed by atoms with Gasteiger partial charge in [-0.25, -0.2) is 8.42 Å². The molecule has 0 spiro atoms. The number of nitrogens with one attached hydrogen (secondary N) is 1. The fraction of sp³-hybridized carbons (Fsp3) is 0.417. The van der Waals surface area contributed by atoms with Gasteiger partial charge in [-0.2, -0.15) is 0 Å². The molecule has 8 heteroatoms. The van der Waals surface area contributed by atoms with Crippen LogP contribution in [-0.4, -0.2) is 50.5 Å². The lowest BCUT2D eigenvalue weighted by Gasteiger charge is -2.31. The molecule has 0 aliphatic carbocycles. The van der Waals surface area contributed by atoms with Gasteiger partial charge < -0.3 is 10.2 Å². The Bertz CT molecular complexity index is 1040. The highest BCUT2D eigenvalue weighted by Crippen LogP contribution is 2.22. The minimum atomic E-state index is -3.73. The zero-order valence-electron chi connectivity index (χ0n) is 19.7. The molecule has 2 aromatic carbocycles. The highest BCUT2D eigenvalue weighted by Gasteiger charge is 2.30. The first-order valence-electron chi connectivity index (χ1n) is 10.6. The number of carbonyl (C=O) groups excluding carboxylic acids is 2. The molecule has 174 valence electrons. The summed E-state index contributed by atoms with van der Waals surface area (Å²) in [7, 11) is -3.73. The average Bonchev–Trinajstić information content (AvgIpc) is 2.69. The summed E-state index contributed by atoms with van der Waals surface area (Å²) >= 11 is 0. The van der Waals surface area contributed by atoms with Crippen LogP contribution in [0, 0.1) is 20.8 Å². The first-order valence-corrected chi connectivity index (χ1v) is 12.5. The van der Waals surface area contributed by atoms with Crippen LogP contribution in [0.4, 0.5) is 5.69 Å². The minimum Gasteiger partial charge on any atom is -0.355 e. The highest BCUT2D eigenvalue weighted by atomic mass is 32.2. The normalized spacial score (nSPS) is 12.2. The van der Waals surface area contributed by atoms with Crippen LogP contribution in [0.2, 0.25) is 0 Å². The Morgan fingerprint density at radius 3 is 2.03 bits per heavy atom. The zero-order valence-corrected chi connectivity index (χ0v) is 20.5. The number of sulfonamides is 1. The predicted molar refractivity (Wildman–Crippen MR) is 128 cm³/mol. The fourth-order valence-corrected chi connectivity index (χ4v) is 4.34. The second-order valence-electron chi connectivity index (χ2n) is 8.19. The number of hydrogen-bond acceptors (Lipinski definition) is 4. The van der Waals surface area contributed by atoms with Crippen molar-refractivity contribution in [1.29, 1.82) is 0 Å². The van der Waals surface area contributed by atoms with Gasteiger partial charge in [0, 0.05) is 13.1 Å². The van der Waals surface area contributed by atoms with E-state index in [0.717, 1.165) is 32.8 Å². The van der Waals surface area contributed by atoms with Crippen molar-refractivity contribution in [2.24, 2.45) is 0 Å². The number of aryl methyl sites for hydroxylation is 3. The topological polar surface area (TPSA) is 86.8 Å². The Kier molecular flexibility index (Phi) is 8.44. The van der Waals surface area contributed by atoms with Crippen molar-refractivity contribution < 1.29 is 18.0 Å². The van der Waals surface area contributed by atoms with E-state index in [2.05, 4.69) is 5.32 Å². The molecule has 1 N–H and O–H groups in total. The van der Waals surface area contributed by atoms with Crippen LogP contribution in [0.1, 0.15) is 36.1 Å². The van der Waals surface area contributed by atoms with E-state index in [-0.39, 0.29) is 12.5 Å². The summed E-state index contributed by atoms with van der Waals surface area (Å²) in [6.07, 6.45) is 1.08. The van der Waals surface area contributed by atoms with Crippen LogP contribution in [0.5, 0.6) is 0 Å². The maximum Gasteiger partial charge on any atom is 0.244 e. The maximum atomic E-state index is 13.4. The molecular formula is C24H33N3O4S. The second-order valence-corrected chi connectivity index (χ2v) is 10.1. The molecule has 0 fully saturated rings. The van der Waals surface area contributed by atoms with Crippen molar-refractivity contribution in [2.75, 3.05) is 23.7 Å². The SMILES string of the molecule is CCNC(=O)[C@@H](C)N(Cc1ccc(C)cc1)C(=O)CN(c1cc(C)cc(C)c1)S(C)(=O)=O. The van der Waals surface area contributed by atoms with Crippen LogP contribution in [-0.2, 0) is 26.2 Å². The van der Waals surface area contributed by atoms with Crippen molar-refractivity contribution in [3.63, 3.8) is 0 Å². The Morgan fingerprint density at radius 1 is 0.969 bits per heavy atom. The van der Waals surface area contributed by atoms with Crippen LogP contribution < -0.4 is 9.62 Å². The van der Waals surface area contributed by atoms with Crippen LogP contribution in [0.3, 0.4) is 0 Å². The Hall–Kier alpha value is -2.87. The molecule has 2 aromatic rings. The predicted octanol–water partition coefficient (Wildman–Crippen LogP) is 2.93. The molecule has 1 atom stereocenters. The third kappa shape index (κ3) is 6.82. The summed E-state index contributed by atoms with van der Waals surface area (Å²) in [6, 6.07) is 12.3. The van der Waals surface area contributed by atoms with Gasteiger partial charge in [0.25, 0.3) is 0 Å². The molecule has 0 aliphatic rings. The summed E-state index contributed by atoms with van der Waals surface area (Å²) in [5.74, 6) is -0.737. The van der Waals surface area contributed by atoms with Gasteiger partial charge in [0.15, 0.2) is 0 Å². The Balaban J connectivity index is 2.40. The standard InChI is InChI=1S/C24H33N3O4S/c1-7-25-24(29)20(5)26(15-21-10-8-17(2)9-11-21)23(28)16-27(32(6,30)31)22-13-18(3)12-19(4)14-22/h8-14,20H,7,15-16H2,1-6H3,(H,25,29)/t20-/m1/s1. The molecule has 0 aliphatic heterocycles. The van der Waals surface area contributed by atoms with E-state index in [1.807, 2.05) is 58.0 Å². The second kappa shape index (κ2) is 10.6. The molecular weight excluding hydrogens is 426 g/mol. The number of hydrogen-bond donors (Lipinski definition) is 1. The first kappa shape index (κ1) is 25.4. The minimum absolute atomic E-state index is 0.196. The van der Waals surface area contributed by atoms with Crippen LogP contribution in [0.15, 0.2) is 42.5 Å². The maximum absolute atomic E-state index is 13.4. The van der Waals surface area contributed by atoms with Gasteiger partial charge in [0.2, 0.25) is 21.8 Å². The molecule has 7 nitrogen and oxygen atoms in total. The summed E-state index contributed by atoms with van der Waals surface area (Å²) in [4.78, 5) is 27.4. The van der Waals surface area contributed by atoms with Gasteiger partial charge in [-0.15, -0.1) is 0 Å². The summed E-state index contributed by atoms with van der Waals surface area (Å²) in [5, 5.41) is 2.74. The van der Waals surface area contributed by atoms with E-state index in [9.17, 15) is 18.0 Å². The average molecular weight is 460 g/mol. The smallest absolute Gasteiger partial charge is 0.244 e. The van der Waals surface area contributed by atoms with E-state index in [1.165, 1.54) is 4.90 Å². The summed E-state index contributed by atoms with van der Waals surface area (Å²) < 4.78 is 26.3. The van der Waals surface area contributed by atoms with Crippen molar-refractivity contribution in [3.8, 4) is 0 Å². The number of amides is 2. The van der Waals surface area contributed by atoms with E-state index < -0.39 is 28.5 Å². The first-order chi connectivity index (χ1) is 14.9. The van der Waals surface area contributed by atoms with Gasteiger partial charge in [0.05, 0.1) is 11.9 Å². The lowest BCUT2D eigenvalue weighted by atomic mass is 10.1. The number of rotatable bonds is 9. The third-order valence-corrected chi connectivity index (χ3v) is 6.31. The molecule has 32 heavy (non-hydrogen) atoms. The lowest BCUT2D eigenvalue weighted by Crippen LogP contribution is -2.51. The quantitative estimate of drug-likeness (QED) is 0.625. The number of carbonyl (C=O) groups is 2. The number of nitrogens with zero attached hydrogens (tertiary/aromatic N) is 2. The number of anilines is 1. The molecule has 0 saturated heterocycles. The van der Waals surface area contributed by atoms with Crippen molar-refractivity contribution in [2.45, 2.75) is 47.2 Å². The molecule has 0 heterocycles. The van der Waals surface area contributed by atoms with Gasteiger partial charge in [-0.3, -0.25) is 13.9 Å². The van der Waals surface area contributed by atoms with Gasteiger partial charge >= 0.3 is 0 Å². The van der Waals surface area contributed by atoms with Gasteiger partial charge in [-0.05, 0) is 63.4 Å². The van der Waals surface area contributed by atoms with E-state index in [1.54, 1.807) is 19.1 Å². The molecule has 2 amide bonds. The lowest BCUT2D eigenvalue weighted by molar-refractivity contribution is -0.139. The van der Waals surface area contributed by atoms with Gasteiger partial charge in [-0.1, -0.05) is 35.9 Å². The number of likely N-dealkylation sites (N-methyl/N-ethyl adjacent to an activating group) is 1. The molecule has 0 radical (unpaired) electrons. The zero-order chi connectivity index (χ0) is 24.1. The highest BCUT2D eigenvalue weighted by molar-refractivity contribution is 7.92. The summed E-state index contributed by atoms with van der Waals surface area (Å²) in [6.45, 7) is 9.42. The monoisotopic (exact) mass is 459 g/mol. The Labute approximate surface area is 191 Å². The van der Waals surface area contributed by atoms with Crippen molar-refractivity contribution in [3.05, 3.63) is 64.7 Å². The molecule has 2 rings (SSSR count). The Morgan fingerprint density at radius 2 is 1.53 bits per heavy atom. The fourth-order valence-electron chi connectivity index (χ4n) is 3.50. The van der Waals surface area contributed by atoms with E-state index in [4.69, 9.17) is 0 Å². The van der Waals surface area contributed by atoms with Crippen LogP contribution in [0.25, 0.3) is 0 Å². The molecule has 0 bridgehead atoms. The molecule has 0 unspecified atom stereocenters. The van der Waals surface area contributed by atoms with Crippen LogP contribution >= 0.6 is 0 Å². The van der Waals surface area contributed by atoms with Gasteiger partial charge in [0.1, 0.15) is 12.6 Å². The summed E-state index contributed by atoms with van der Waals surface area (Å²) in [5.41, 5.74) is 4.17. The van der Waals surface area contributed by atoms with Crippen molar-refractivity contribution in [1.82, 2.24) is 10.2 Å². The van der Waals surface area contributed by atoms with E-state index >= 15 is 0 Å². The largest absolute Gasteiger partial charge is 0.355 e.